The van der Waals surface area contributed by atoms with E-state index in [1.807, 2.05) is 6.92 Å². The molecule has 2 amide bonds. The van der Waals surface area contributed by atoms with Crippen LogP contribution in [0.25, 0.3) is 0 Å². The topological polar surface area (TPSA) is 53.2 Å². The minimum absolute atomic E-state index is 0.0612. The van der Waals surface area contributed by atoms with Crippen LogP contribution in [0, 0.1) is 0 Å². The number of rotatable bonds is 6. The van der Waals surface area contributed by atoms with Gasteiger partial charge in [0.15, 0.2) is 0 Å². The molecule has 1 saturated carbocycles. The summed E-state index contributed by atoms with van der Waals surface area (Å²) in [4.78, 5) is 10.9. The van der Waals surface area contributed by atoms with Crippen molar-refractivity contribution in [1.29, 1.82) is 0 Å². The van der Waals surface area contributed by atoms with Gasteiger partial charge in [0.1, 0.15) is 0 Å². The first-order valence-corrected chi connectivity index (χ1v) is 5.08. The lowest BCUT2D eigenvalue weighted by molar-refractivity contribution is 0.241. The first-order chi connectivity index (χ1) is 6.33. The fourth-order valence-corrected chi connectivity index (χ4v) is 1.11. The van der Waals surface area contributed by atoms with Crippen LogP contribution in [0.5, 0.6) is 0 Å². The third-order valence-corrected chi connectivity index (χ3v) is 1.99. The van der Waals surface area contributed by atoms with Crippen molar-refractivity contribution < 1.29 is 4.79 Å². The fraction of sp³-hybridized carbons (Fsp3) is 0.889. The maximum atomic E-state index is 10.9. The molecule has 0 aliphatic heterocycles. The molecule has 0 aromatic rings. The highest BCUT2D eigenvalue weighted by Gasteiger charge is 2.19. The first kappa shape index (κ1) is 10.3. The van der Waals surface area contributed by atoms with Gasteiger partial charge < -0.3 is 16.0 Å². The minimum Gasteiger partial charge on any atom is -0.338 e. The number of hydrogen-bond donors (Lipinski definition) is 3. The molecule has 0 aromatic carbocycles. The zero-order valence-electron chi connectivity index (χ0n) is 8.23. The zero-order valence-corrected chi connectivity index (χ0v) is 8.23. The summed E-state index contributed by atoms with van der Waals surface area (Å²) in [5.74, 6) is 0. The van der Waals surface area contributed by atoms with Gasteiger partial charge in [-0.05, 0) is 32.7 Å². The van der Waals surface area contributed by atoms with Crippen LogP contribution < -0.4 is 16.0 Å². The van der Waals surface area contributed by atoms with Crippen molar-refractivity contribution in [3.8, 4) is 0 Å². The highest BCUT2D eigenvalue weighted by molar-refractivity contribution is 5.73. The summed E-state index contributed by atoms with van der Waals surface area (Å²) in [7, 11) is 0. The summed E-state index contributed by atoms with van der Waals surface area (Å²) in [6.07, 6.45) is 3.65. The van der Waals surface area contributed by atoms with Crippen LogP contribution in [0.4, 0.5) is 4.79 Å². The number of hydrogen-bond acceptors (Lipinski definition) is 2. The molecule has 0 spiro atoms. The fourth-order valence-electron chi connectivity index (χ4n) is 1.11. The van der Waals surface area contributed by atoms with E-state index in [0.29, 0.717) is 6.54 Å². The van der Waals surface area contributed by atoms with Crippen LogP contribution in [0.2, 0.25) is 0 Å². The van der Waals surface area contributed by atoms with E-state index in [2.05, 4.69) is 16.0 Å². The Morgan fingerprint density at radius 1 is 1.31 bits per heavy atom. The van der Waals surface area contributed by atoms with Crippen LogP contribution in [-0.2, 0) is 0 Å². The second-order valence-corrected chi connectivity index (χ2v) is 3.37. The Hall–Kier alpha value is -0.770. The lowest BCUT2D eigenvalue weighted by Crippen LogP contribution is -2.36. The van der Waals surface area contributed by atoms with E-state index >= 15 is 0 Å². The Balaban J connectivity index is 1.79. The number of amides is 2. The molecule has 1 rings (SSSR count). The van der Waals surface area contributed by atoms with Crippen molar-refractivity contribution in [3.63, 3.8) is 0 Å². The van der Waals surface area contributed by atoms with E-state index in [1.165, 1.54) is 12.8 Å². The van der Waals surface area contributed by atoms with Crippen molar-refractivity contribution in [2.45, 2.75) is 32.2 Å². The Labute approximate surface area is 79.5 Å². The van der Waals surface area contributed by atoms with Gasteiger partial charge >= 0.3 is 6.03 Å². The third-order valence-electron chi connectivity index (χ3n) is 1.99. The number of carbonyl (C=O) groups is 1. The van der Waals surface area contributed by atoms with Crippen LogP contribution in [0.3, 0.4) is 0 Å². The Bertz CT molecular complexity index is 157. The maximum Gasteiger partial charge on any atom is 0.314 e. The smallest absolute Gasteiger partial charge is 0.314 e. The molecule has 76 valence electrons. The third kappa shape index (κ3) is 5.47. The summed E-state index contributed by atoms with van der Waals surface area (Å²) in [6, 6.07) is 0.707. The molecule has 0 saturated heterocycles. The standard InChI is InChI=1S/C9H19N3O/c1-2-10-9(13)12-7-3-6-11-8-4-5-8/h8,11H,2-7H2,1H3,(H2,10,12,13). The van der Waals surface area contributed by atoms with E-state index in [0.717, 1.165) is 25.6 Å². The number of urea groups is 1. The zero-order chi connectivity index (χ0) is 9.52. The summed E-state index contributed by atoms with van der Waals surface area (Å²) >= 11 is 0. The molecule has 3 N–H and O–H groups in total. The van der Waals surface area contributed by atoms with Crippen LogP contribution in [-0.4, -0.2) is 31.7 Å². The molecule has 0 heterocycles. The molecular weight excluding hydrogens is 166 g/mol. The molecule has 0 unspecified atom stereocenters. The molecule has 0 atom stereocenters. The van der Waals surface area contributed by atoms with E-state index < -0.39 is 0 Å². The van der Waals surface area contributed by atoms with E-state index in [-0.39, 0.29) is 6.03 Å². The van der Waals surface area contributed by atoms with Crippen molar-refractivity contribution in [3.05, 3.63) is 0 Å². The van der Waals surface area contributed by atoms with Crippen molar-refractivity contribution in [2.75, 3.05) is 19.6 Å². The molecule has 13 heavy (non-hydrogen) atoms. The Morgan fingerprint density at radius 2 is 2.08 bits per heavy atom. The Kier molecular flexibility index (Phi) is 4.60. The molecule has 0 bridgehead atoms. The quantitative estimate of drug-likeness (QED) is 0.526. The highest BCUT2D eigenvalue weighted by atomic mass is 16.2. The highest BCUT2D eigenvalue weighted by Crippen LogP contribution is 2.17. The van der Waals surface area contributed by atoms with Crippen molar-refractivity contribution in [2.24, 2.45) is 0 Å². The minimum atomic E-state index is -0.0612. The average molecular weight is 185 g/mol. The molecule has 4 heteroatoms. The normalized spacial score (nSPS) is 15.5. The van der Waals surface area contributed by atoms with Gasteiger partial charge in [0.25, 0.3) is 0 Å². The van der Waals surface area contributed by atoms with Crippen LogP contribution in [0.15, 0.2) is 0 Å². The van der Waals surface area contributed by atoms with Gasteiger partial charge in [0.2, 0.25) is 0 Å². The van der Waals surface area contributed by atoms with Gasteiger partial charge in [0.05, 0.1) is 0 Å². The van der Waals surface area contributed by atoms with E-state index in [1.54, 1.807) is 0 Å². The number of carbonyl (C=O) groups excluding carboxylic acids is 1. The summed E-state index contributed by atoms with van der Waals surface area (Å²) in [6.45, 7) is 4.36. The summed E-state index contributed by atoms with van der Waals surface area (Å²) < 4.78 is 0. The maximum absolute atomic E-state index is 10.9. The van der Waals surface area contributed by atoms with E-state index in [4.69, 9.17) is 0 Å². The van der Waals surface area contributed by atoms with Gasteiger partial charge in [-0.1, -0.05) is 0 Å². The van der Waals surface area contributed by atoms with Gasteiger partial charge in [0, 0.05) is 19.1 Å². The monoisotopic (exact) mass is 185 g/mol. The summed E-state index contributed by atoms with van der Waals surface area (Å²) in [5, 5.41) is 8.87. The SMILES string of the molecule is CCNC(=O)NCCCNC1CC1. The number of nitrogens with one attached hydrogen (secondary N) is 3. The lowest BCUT2D eigenvalue weighted by Gasteiger charge is -2.05. The molecule has 4 nitrogen and oxygen atoms in total. The predicted octanol–water partition coefficient (Wildman–Crippen LogP) is 0.448. The van der Waals surface area contributed by atoms with Crippen LogP contribution in [0.1, 0.15) is 26.2 Å². The van der Waals surface area contributed by atoms with Gasteiger partial charge in [-0.2, -0.15) is 0 Å². The van der Waals surface area contributed by atoms with E-state index in [9.17, 15) is 4.79 Å². The average Bonchev–Trinajstić information content (AvgIpc) is 2.88. The van der Waals surface area contributed by atoms with Crippen molar-refractivity contribution >= 4 is 6.03 Å². The second-order valence-electron chi connectivity index (χ2n) is 3.37. The molecule has 1 aliphatic carbocycles. The van der Waals surface area contributed by atoms with Crippen molar-refractivity contribution in [1.82, 2.24) is 16.0 Å². The molecule has 1 fully saturated rings. The lowest BCUT2D eigenvalue weighted by atomic mass is 10.4. The van der Waals surface area contributed by atoms with Crippen LogP contribution >= 0.6 is 0 Å². The Morgan fingerprint density at radius 3 is 2.69 bits per heavy atom. The van der Waals surface area contributed by atoms with Gasteiger partial charge in [-0.25, -0.2) is 4.79 Å². The first-order valence-electron chi connectivity index (χ1n) is 5.08. The van der Waals surface area contributed by atoms with Gasteiger partial charge in [-0.3, -0.25) is 0 Å². The molecule has 0 aromatic heterocycles. The second kappa shape index (κ2) is 5.80. The van der Waals surface area contributed by atoms with Gasteiger partial charge in [-0.15, -0.1) is 0 Å². The molecule has 1 aliphatic rings. The largest absolute Gasteiger partial charge is 0.338 e. The molecule has 0 radical (unpaired) electrons. The predicted molar refractivity (Wildman–Crippen MR) is 52.7 cm³/mol. The molecular formula is C9H19N3O. The summed E-state index contributed by atoms with van der Waals surface area (Å²) in [5.41, 5.74) is 0.